The highest BCUT2D eigenvalue weighted by atomic mass is 19.1. The summed E-state index contributed by atoms with van der Waals surface area (Å²) in [7, 11) is 0. The van der Waals surface area contributed by atoms with Gasteiger partial charge in [-0.05, 0) is 26.0 Å². The zero-order valence-electron chi connectivity index (χ0n) is 10.4. The van der Waals surface area contributed by atoms with Gasteiger partial charge in [0.05, 0.1) is 12.2 Å². The molecule has 1 heterocycles. The molecule has 0 spiro atoms. The Hall–Kier alpha value is -1.13. The third-order valence-corrected chi connectivity index (χ3v) is 3.05. The highest BCUT2D eigenvalue weighted by Gasteiger charge is 2.27. The first-order valence-electron chi connectivity index (χ1n) is 5.89. The van der Waals surface area contributed by atoms with Crippen LogP contribution in [0, 0.1) is 5.82 Å². The molecule has 0 unspecified atom stereocenters. The maximum Gasteiger partial charge on any atom is 0.129 e. The molecular formula is C13H19FN2O. The molecule has 0 saturated carbocycles. The van der Waals surface area contributed by atoms with E-state index < -0.39 is 0 Å². The van der Waals surface area contributed by atoms with E-state index in [2.05, 4.69) is 4.90 Å². The number of halogens is 1. The van der Waals surface area contributed by atoms with Gasteiger partial charge in [0.15, 0.2) is 0 Å². The van der Waals surface area contributed by atoms with Crippen molar-refractivity contribution in [3.05, 3.63) is 29.6 Å². The number of hydrogen-bond donors (Lipinski definition) is 1. The van der Waals surface area contributed by atoms with Crippen molar-refractivity contribution in [2.24, 2.45) is 5.73 Å². The summed E-state index contributed by atoms with van der Waals surface area (Å²) >= 11 is 0. The molecule has 2 rings (SSSR count). The van der Waals surface area contributed by atoms with E-state index in [0.717, 1.165) is 18.8 Å². The Bertz CT molecular complexity index is 406. The normalized spacial score (nSPS) is 19.4. The van der Waals surface area contributed by atoms with Crippen LogP contribution in [-0.4, -0.2) is 25.3 Å². The van der Waals surface area contributed by atoms with Crippen LogP contribution in [0.1, 0.15) is 19.4 Å². The van der Waals surface area contributed by atoms with Gasteiger partial charge in [-0.3, -0.25) is 0 Å². The molecule has 17 heavy (non-hydrogen) atoms. The van der Waals surface area contributed by atoms with E-state index in [0.29, 0.717) is 12.2 Å². The standard InChI is InChI=1S/C13H19FN2O/c1-13(2)9-16(5-6-17-13)11-4-3-10(8-15)12(14)7-11/h3-4,7H,5-6,8-9,15H2,1-2H3. The van der Waals surface area contributed by atoms with Crippen molar-refractivity contribution in [2.75, 3.05) is 24.6 Å². The van der Waals surface area contributed by atoms with E-state index in [1.54, 1.807) is 12.1 Å². The predicted octanol–water partition coefficient (Wildman–Crippen LogP) is 1.90. The fourth-order valence-corrected chi connectivity index (χ4v) is 2.14. The monoisotopic (exact) mass is 238 g/mol. The number of nitrogens with two attached hydrogens (primary N) is 1. The largest absolute Gasteiger partial charge is 0.372 e. The lowest BCUT2D eigenvalue weighted by atomic mass is 10.1. The SMILES string of the molecule is CC1(C)CN(c2ccc(CN)c(F)c2)CCO1. The van der Waals surface area contributed by atoms with Gasteiger partial charge in [-0.25, -0.2) is 4.39 Å². The second-order valence-electron chi connectivity index (χ2n) is 5.01. The van der Waals surface area contributed by atoms with Crippen molar-refractivity contribution in [1.29, 1.82) is 0 Å². The minimum absolute atomic E-state index is 0.179. The van der Waals surface area contributed by atoms with Crippen LogP contribution in [0.15, 0.2) is 18.2 Å². The first kappa shape index (κ1) is 12.3. The van der Waals surface area contributed by atoms with Crippen molar-refractivity contribution in [1.82, 2.24) is 0 Å². The number of ether oxygens (including phenoxy) is 1. The molecule has 0 amide bonds. The third kappa shape index (κ3) is 2.76. The van der Waals surface area contributed by atoms with Crippen LogP contribution in [-0.2, 0) is 11.3 Å². The lowest BCUT2D eigenvalue weighted by Gasteiger charge is -2.39. The van der Waals surface area contributed by atoms with E-state index in [4.69, 9.17) is 10.5 Å². The summed E-state index contributed by atoms with van der Waals surface area (Å²) in [5.41, 5.74) is 6.73. The quantitative estimate of drug-likeness (QED) is 0.855. The molecule has 1 saturated heterocycles. The third-order valence-electron chi connectivity index (χ3n) is 3.05. The summed E-state index contributed by atoms with van der Waals surface area (Å²) < 4.78 is 19.3. The lowest BCUT2D eigenvalue weighted by Crippen LogP contribution is -2.48. The average Bonchev–Trinajstić information content (AvgIpc) is 2.27. The number of rotatable bonds is 2. The molecule has 3 nitrogen and oxygen atoms in total. The molecule has 4 heteroatoms. The molecule has 2 N–H and O–H groups in total. The van der Waals surface area contributed by atoms with Crippen molar-refractivity contribution < 1.29 is 9.13 Å². The van der Waals surface area contributed by atoms with Crippen LogP contribution in [0.25, 0.3) is 0 Å². The number of morpholine rings is 1. The lowest BCUT2D eigenvalue weighted by molar-refractivity contribution is -0.0277. The fraction of sp³-hybridized carbons (Fsp3) is 0.538. The molecule has 94 valence electrons. The van der Waals surface area contributed by atoms with Gasteiger partial charge in [-0.15, -0.1) is 0 Å². The Labute approximate surface area is 101 Å². The first-order valence-corrected chi connectivity index (χ1v) is 5.89. The molecule has 0 aromatic heterocycles. The van der Waals surface area contributed by atoms with Crippen molar-refractivity contribution in [3.63, 3.8) is 0 Å². The molecule has 1 aliphatic heterocycles. The van der Waals surface area contributed by atoms with Gasteiger partial charge in [-0.1, -0.05) is 6.07 Å². The van der Waals surface area contributed by atoms with Gasteiger partial charge in [0, 0.05) is 30.9 Å². The molecule has 0 radical (unpaired) electrons. The van der Waals surface area contributed by atoms with Crippen molar-refractivity contribution in [2.45, 2.75) is 26.0 Å². The summed E-state index contributed by atoms with van der Waals surface area (Å²) in [5.74, 6) is -0.228. The summed E-state index contributed by atoms with van der Waals surface area (Å²) in [4.78, 5) is 2.15. The minimum atomic E-state index is -0.228. The molecule has 1 aromatic carbocycles. The smallest absolute Gasteiger partial charge is 0.129 e. The maximum atomic E-state index is 13.7. The van der Waals surface area contributed by atoms with Gasteiger partial charge >= 0.3 is 0 Å². The molecule has 1 aliphatic rings. The van der Waals surface area contributed by atoms with Crippen LogP contribution in [0.3, 0.4) is 0 Å². The Morgan fingerprint density at radius 2 is 2.24 bits per heavy atom. The Morgan fingerprint density at radius 3 is 2.82 bits per heavy atom. The first-order chi connectivity index (χ1) is 8.02. The zero-order chi connectivity index (χ0) is 12.5. The molecular weight excluding hydrogens is 219 g/mol. The van der Waals surface area contributed by atoms with E-state index >= 15 is 0 Å². The number of hydrogen-bond acceptors (Lipinski definition) is 3. The Kier molecular flexibility index (Phi) is 3.35. The van der Waals surface area contributed by atoms with Gasteiger partial charge in [-0.2, -0.15) is 0 Å². The maximum absolute atomic E-state index is 13.7. The second kappa shape index (κ2) is 4.63. The highest BCUT2D eigenvalue weighted by Crippen LogP contribution is 2.24. The molecule has 1 aromatic rings. The van der Waals surface area contributed by atoms with Crippen LogP contribution in [0.5, 0.6) is 0 Å². The zero-order valence-corrected chi connectivity index (χ0v) is 10.4. The minimum Gasteiger partial charge on any atom is -0.372 e. The highest BCUT2D eigenvalue weighted by molar-refractivity contribution is 5.49. The van der Waals surface area contributed by atoms with E-state index in [-0.39, 0.29) is 18.0 Å². The molecule has 1 fully saturated rings. The average molecular weight is 238 g/mol. The van der Waals surface area contributed by atoms with Crippen LogP contribution >= 0.6 is 0 Å². The van der Waals surface area contributed by atoms with Crippen LogP contribution < -0.4 is 10.6 Å². The fourth-order valence-electron chi connectivity index (χ4n) is 2.14. The van der Waals surface area contributed by atoms with E-state index in [1.165, 1.54) is 0 Å². The topological polar surface area (TPSA) is 38.5 Å². The summed E-state index contributed by atoms with van der Waals surface area (Å²) in [6, 6.07) is 5.24. The summed E-state index contributed by atoms with van der Waals surface area (Å²) in [6.07, 6.45) is 0. The van der Waals surface area contributed by atoms with Gasteiger partial charge < -0.3 is 15.4 Å². The van der Waals surface area contributed by atoms with E-state index in [1.807, 2.05) is 19.9 Å². The van der Waals surface area contributed by atoms with Crippen LogP contribution in [0.4, 0.5) is 10.1 Å². The number of benzene rings is 1. The Morgan fingerprint density at radius 1 is 1.47 bits per heavy atom. The van der Waals surface area contributed by atoms with Crippen molar-refractivity contribution in [3.8, 4) is 0 Å². The summed E-state index contributed by atoms with van der Waals surface area (Å²) in [6.45, 7) is 6.57. The summed E-state index contributed by atoms with van der Waals surface area (Å²) in [5, 5.41) is 0. The van der Waals surface area contributed by atoms with Gasteiger partial charge in [0.25, 0.3) is 0 Å². The van der Waals surface area contributed by atoms with E-state index in [9.17, 15) is 4.39 Å². The second-order valence-corrected chi connectivity index (χ2v) is 5.01. The molecule has 0 atom stereocenters. The van der Waals surface area contributed by atoms with Crippen molar-refractivity contribution >= 4 is 5.69 Å². The molecule has 0 bridgehead atoms. The predicted molar refractivity (Wildman–Crippen MR) is 66.5 cm³/mol. The Balaban J connectivity index is 2.19. The van der Waals surface area contributed by atoms with Gasteiger partial charge in [0.1, 0.15) is 5.82 Å². The van der Waals surface area contributed by atoms with Gasteiger partial charge in [0.2, 0.25) is 0 Å². The number of anilines is 1. The number of nitrogens with zero attached hydrogens (tertiary/aromatic N) is 1. The molecule has 0 aliphatic carbocycles. The van der Waals surface area contributed by atoms with Crippen LogP contribution in [0.2, 0.25) is 0 Å².